The lowest BCUT2D eigenvalue weighted by atomic mass is 10.2. The lowest BCUT2D eigenvalue weighted by molar-refractivity contribution is -0.118. The fourth-order valence-electron chi connectivity index (χ4n) is 2.08. The Kier molecular flexibility index (Phi) is 5.15. The van der Waals surface area contributed by atoms with Gasteiger partial charge in [-0.25, -0.2) is 0 Å². The van der Waals surface area contributed by atoms with Crippen LogP contribution in [0.3, 0.4) is 0 Å². The maximum atomic E-state index is 11.9. The van der Waals surface area contributed by atoms with Crippen molar-refractivity contribution in [3.8, 4) is 5.75 Å². The van der Waals surface area contributed by atoms with Gasteiger partial charge in [0.25, 0.3) is 11.8 Å². The molecule has 124 valence electrons. The Morgan fingerprint density at radius 1 is 1.04 bits per heavy atom. The van der Waals surface area contributed by atoms with Gasteiger partial charge in [0.05, 0.1) is 0 Å². The first kappa shape index (κ1) is 16.5. The number of amides is 2. The smallest absolute Gasteiger partial charge is 0.262 e. The third-order valence-electron chi connectivity index (χ3n) is 3.53. The Balaban J connectivity index is 1.48. The maximum Gasteiger partial charge on any atom is 0.262 e. The predicted molar refractivity (Wildman–Crippen MR) is 95.2 cm³/mol. The molecule has 24 heavy (non-hydrogen) atoms. The van der Waals surface area contributed by atoms with Crippen molar-refractivity contribution in [3.05, 3.63) is 58.6 Å². The van der Waals surface area contributed by atoms with Crippen molar-refractivity contribution >= 4 is 33.4 Å². The van der Waals surface area contributed by atoms with Crippen LogP contribution in [0.1, 0.15) is 23.2 Å². The molecule has 0 spiro atoms. The largest absolute Gasteiger partial charge is 0.484 e. The average molecular weight is 389 g/mol. The van der Waals surface area contributed by atoms with Crippen LogP contribution in [0.25, 0.3) is 0 Å². The molecule has 2 aromatic rings. The Morgan fingerprint density at radius 2 is 1.71 bits per heavy atom. The van der Waals surface area contributed by atoms with Crippen molar-refractivity contribution in [1.29, 1.82) is 0 Å². The molecule has 1 saturated carbocycles. The lowest BCUT2D eigenvalue weighted by Gasteiger charge is -2.08. The molecule has 2 N–H and O–H groups in total. The molecule has 5 nitrogen and oxygen atoms in total. The SMILES string of the molecule is O=C(COc1ccc(Br)cc1)Nc1ccc(C(=O)NC2CC2)cc1. The summed E-state index contributed by atoms with van der Waals surface area (Å²) in [6, 6.07) is 14.4. The van der Waals surface area contributed by atoms with Gasteiger partial charge in [-0.15, -0.1) is 0 Å². The predicted octanol–water partition coefficient (Wildman–Crippen LogP) is 3.36. The molecule has 0 heterocycles. The highest BCUT2D eigenvalue weighted by atomic mass is 79.9. The lowest BCUT2D eigenvalue weighted by Crippen LogP contribution is -2.25. The molecule has 6 heteroatoms. The summed E-state index contributed by atoms with van der Waals surface area (Å²) >= 11 is 3.34. The van der Waals surface area contributed by atoms with Crippen LogP contribution in [-0.2, 0) is 4.79 Å². The molecule has 0 saturated heterocycles. The second-order valence-electron chi connectivity index (χ2n) is 5.62. The normalized spacial score (nSPS) is 13.2. The van der Waals surface area contributed by atoms with Gasteiger partial charge >= 0.3 is 0 Å². The second kappa shape index (κ2) is 7.49. The van der Waals surface area contributed by atoms with Crippen LogP contribution in [0, 0.1) is 0 Å². The fraction of sp³-hybridized carbons (Fsp3) is 0.222. The van der Waals surface area contributed by atoms with Gasteiger partial charge in [0.15, 0.2) is 6.61 Å². The minimum Gasteiger partial charge on any atom is -0.484 e. The summed E-state index contributed by atoms with van der Waals surface area (Å²) in [4.78, 5) is 23.8. The second-order valence-corrected chi connectivity index (χ2v) is 6.53. The van der Waals surface area contributed by atoms with Crippen LogP contribution >= 0.6 is 15.9 Å². The van der Waals surface area contributed by atoms with E-state index in [1.54, 1.807) is 36.4 Å². The van der Waals surface area contributed by atoms with Crippen molar-refractivity contribution in [3.63, 3.8) is 0 Å². The van der Waals surface area contributed by atoms with E-state index in [0.717, 1.165) is 17.3 Å². The van der Waals surface area contributed by atoms with Gasteiger partial charge in [-0.2, -0.15) is 0 Å². The van der Waals surface area contributed by atoms with Crippen molar-refractivity contribution < 1.29 is 14.3 Å². The summed E-state index contributed by atoms with van der Waals surface area (Å²) in [6.45, 7) is -0.0778. The highest BCUT2D eigenvalue weighted by Crippen LogP contribution is 2.20. The zero-order valence-corrected chi connectivity index (χ0v) is 14.5. The van der Waals surface area contributed by atoms with E-state index in [4.69, 9.17) is 4.74 Å². The van der Waals surface area contributed by atoms with Gasteiger partial charge in [-0.1, -0.05) is 15.9 Å². The summed E-state index contributed by atoms with van der Waals surface area (Å²) in [5, 5.41) is 5.66. The summed E-state index contributed by atoms with van der Waals surface area (Å²) in [6.07, 6.45) is 2.11. The van der Waals surface area contributed by atoms with Gasteiger partial charge in [-0.05, 0) is 61.4 Å². The van der Waals surface area contributed by atoms with E-state index in [1.165, 1.54) is 0 Å². The molecular weight excluding hydrogens is 372 g/mol. The van der Waals surface area contributed by atoms with Crippen LogP contribution in [0.2, 0.25) is 0 Å². The number of carbonyl (C=O) groups is 2. The average Bonchev–Trinajstić information content (AvgIpc) is 3.39. The molecule has 0 aliphatic heterocycles. The molecule has 1 fully saturated rings. The zero-order chi connectivity index (χ0) is 16.9. The first-order valence-corrected chi connectivity index (χ1v) is 8.48. The monoisotopic (exact) mass is 388 g/mol. The molecule has 2 aromatic carbocycles. The van der Waals surface area contributed by atoms with Crippen molar-refractivity contribution in [2.75, 3.05) is 11.9 Å². The Morgan fingerprint density at radius 3 is 2.33 bits per heavy atom. The van der Waals surface area contributed by atoms with Crippen molar-refractivity contribution in [1.82, 2.24) is 5.32 Å². The van der Waals surface area contributed by atoms with E-state index in [9.17, 15) is 9.59 Å². The summed E-state index contributed by atoms with van der Waals surface area (Å²) < 4.78 is 6.36. The third kappa shape index (κ3) is 4.83. The summed E-state index contributed by atoms with van der Waals surface area (Å²) in [7, 11) is 0. The van der Waals surface area contributed by atoms with Crippen LogP contribution in [0.5, 0.6) is 5.75 Å². The number of benzene rings is 2. The van der Waals surface area contributed by atoms with Crippen LogP contribution in [0.4, 0.5) is 5.69 Å². The molecule has 1 aliphatic rings. The quantitative estimate of drug-likeness (QED) is 0.796. The van der Waals surface area contributed by atoms with Gasteiger partial charge < -0.3 is 15.4 Å². The minimum atomic E-state index is -0.256. The Bertz CT molecular complexity index is 725. The number of nitrogens with one attached hydrogen (secondary N) is 2. The first-order chi connectivity index (χ1) is 11.6. The van der Waals surface area contributed by atoms with Crippen molar-refractivity contribution in [2.45, 2.75) is 18.9 Å². The third-order valence-corrected chi connectivity index (χ3v) is 4.06. The topological polar surface area (TPSA) is 67.4 Å². The number of halogens is 1. The van der Waals surface area contributed by atoms with E-state index >= 15 is 0 Å². The number of hydrogen-bond donors (Lipinski definition) is 2. The molecule has 0 radical (unpaired) electrons. The Labute approximate surface area is 148 Å². The number of ether oxygens (including phenoxy) is 1. The molecule has 2 amide bonds. The number of hydrogen-bond acceptors (Lipinski definition) is 3. The molecule has 1 aliphatic carbocycles. The highest BCUT2D eigenvalue weighted by Gasteiger charge is 2.23. The van der Waals surface area contributed by atoms with E-state index in [1.807, 2.05) is 12.1 Å². The van der Waals surface area contributed by atoms with Gasteiger partial charge in [0, 0.05) is 21.8 Å². The fourth-order valence-corrected chi connectivity index (χ4v) is 2.34. The van der Waals surface area contributed by atoms with E-state index in [2.05, 4.69) is 26.6 Å². The maximum absolute atomic E-state index is 11.9. The standard InChI is InChI=1S/C18H17BrN2O3/c19-13-3-9-16(10-4-13)24-11-17(22)20-14-5-1-12(2-6-14)18(23)21-15-7-8-15/h1-6,9-10,15H,7-8,11H2,(H,20,22)(H,21,23). The molecule has 0 aromatic heterocycles. The highest BCUT2D eigenvalue weighted by molar-refractivity contribution is 9.10. The van der Waals surface area contributed by atoms with Crippen LogP contribution in [0.15, 0.2) is 53.0 Å². The van der Waals surface area contributed by atoms with E-state index < -0.39 is 0 Å². The molecule has 0 unspecified atom stereocenters. The van der Waals surface area contributed by atoms with Gasteiger partial charge in [0.2, 0.25) is 0 Å². The number of anilines is 1. The van der Waals surface area contributed by atoms with Crippen LogP contribution in [-0.4, -0.2) is 24.5 Å². The molecule has 3 rings (SSSR count). The molecule has 0 bridgehead atoms. The van der Waals surface area contributed by atoms with E-state index in [-0.39, 0.29) is 18.4 Å². The Hall–Kier alpha value is -2.34. The van der Waals surface area contributed by atoms with Gasteiger partial charge in [-0.3, -0.25) is 9.59 Å². The first-order valence-electron chi connectivity index (χ1n) is 7.69. The zero-order valence-electron chi connectivity index (χ0n) is 12.9. The number of rotatable bonds is 6. The van der Waals surface area contributed by atoms with E-state index in [0.29, 0.717) is 23.0 Å². The van der Waals surface area contributed by atoms with Crippen molar-refractivity contribution in [2.24, 2.45) is 0 Å². The molecular formula is C18H17BrN2O3. The number of carbonyl (C=O) groups excluding carboxylic acids is 2. The summed E-state index contributed by atoms with van der Waals surface area (Å²) in [5.41, 5.74) is 1.22. The van der Waals surface area contributed by atoms with Gasteiger partial charge in [0.1, 0.15) is 5.75 Å². The molecule has 0 atom stereocenters. The minimum absolute atomic E-state index is 0.0750. The summed E-state index contributed by atoms with van der Waals surface area (Å²) in [5.74, 6) is 0.294. The van der Waals surface area contributed by atoms with Crippen LogP contribution < -0.4 is 15.4 Å².